The van der Waals surface area contributed by atoms with Gasteiger partial charge in [0.1, 0.15) is 0 Å². The third-order valence-electron chi connectivity index (χ3n) is 3.62. The summed E-state index contributed by atoms with van der Waals surface area (Å²) in [6.45, 7) is 4.27. The highest BCUT2D eigenvalue weighted by Gasteiger charge is 2.35. The van der Waals surface area contributed by atoms with Gasteiger partial charge in [-0.2, -0.15) is 4.98 Å². The van der Waals surface area contributed by atoms with Crippen LogP contribution in [0.3, 0.4) is 0 Å². The van der Waals surface area contributed by atoms with E-state index in [1.54, 1.807) is 0 Å². The van der Waals surface area contributed by atoms with Crippen molar-refractivity contribution in [3.8, 4) is 0 Å². The number of hydrogen-bond acceptors (Lipinski definition) is 4. The highest BCUT2D eigenvalue weighted by molar-refractivity contribution is 5.85. The molecule has 0 aliphatic heterocycles. The highest BCUT2D eigenvalue weighted by Crippen LogP contribution is 2.34. The van der Waals surface area contributed by atoms with Crippen LogP contribution in [-0.2, 0) is 5.54 Å². The standard InChI is InChI=1S/C13H21N3O.ClH/c1-3-10(4-2)9-11-15-12(16-17-11)13(14)7-5-6-8-13;/h9H,3-8,14H2,1-2H3;1H. The summed E-state index contributed by atoms with van der Waals surface area (Å²) >= 11 is 0. The molecule has 4 nitrogen and oxygen atoms in total. The predicted octanol–water partition coefficient (Wildman–Crippen LogP) is 3.42. The first-order chi connectivity index (χ1) is 8.18. The van der Waals surface area contributed by atoms with Gasteiger partial charge in [0, 0.05) is 6.08 Å². The summed E-state index contributed by atoms with van der Waals surface area (Å²) in [6.07, 6.45) is 8.25. The minimum atomic E-state index is -0.353. The smallest absolute Gasteiger partial charge is 0.250 e. The molecule has 0 atom stereocenters. The molecule has 0 radical (unpaired) electrons. The van der Waals surface area contributed by atoms with Crippen LogP contribution in [0.2, 0.25) is 0 Å². The lowest BCUT2D eigenvalue weighted by Gasteiger charge is -2.17. The Balaban J connectivity index is 0.00000162. The molecule has 2 rings (SSSR count). The third-order valence-corrected chi connectivity index (χ3v) is 3.62. The van der Waals surface area contributed by atoms with Crippen molar-refractivity contribution in [3.05, 3.63) is 17.3 Å². The van der Waals surface area contributed by atoms with Crippen LogP contribution in [0.15, 0.2) is 10.1 Å². The Labute approximate surface area is 114 Å². The predicted molar refractivity (Wildman–Crippen MR) is 74.4 cm³/mol. The Morgan fingerprint density at radius 1 is 1.33 bits per heavy atom. The summed E-state index contributed by atoms with van der Waals surface area (Å²) in [5.74, 6) is 1.27. The lowest BCUT2D eigenvalue weighted by atomic mass is 9.99. The summed E-state index contributed by atoms with van der Waals surface area (Å²) in [7, 11) is 0. The zero-order valence-corrected chi connectivity index (χ0v) is 11.9. The van der Waals surface area contributed by atoms with Crippen molar-refractivity contribution < 1.29 is 4.52 Å². The van der Waals surface area contributed by atoms with E-state index in [1.807, 2.05) is 6.08 Å². The third kappa shape index (κ3) is 3.12. The molecule has 1 aromatic heterocycles. The van der Waals surface area contributed by atoms with Gasteiger partial charge in [-0.1, -0.05) is 37.4 Å². The van der Waals surface area contributed by atoms with E-state index in [1.165, 1.54) is 5.57 Å². The van der Waals surface area contributed by atoms with Crippen molar-refractivity contribution in [3.63, 3.8) is 0 Å². The second kappa shape index (κ2) is 6.34. The maximum atomic E-state index is 6.28. The lowest BCUT2D eigenvalue weighted by molar-refractivity contribution is 0.364. The van der Waals surface area contributed by atoms with E-state index in [2.05, 4.69) is 24.0 Å². The normalized spacial score (nSPS) is 17.3. The minimum Gasteiger partial charge on any atom is -0.335 e. The maximum Gasteiger partial charge on any atom is 0.250 e. The Morgan fingerprint density at radius 3 is 2.50 bits per heavy atom. The zero-order chi connectivity index (χ0) is 12.3. The van der Waals surface area contributed by atoms with Crippen LogP contribution in [-0.4, -0.2) is 10.1 Å². The molecule has 2 N–H and O–H groups in total. The van der Waals surface area contributed by atoms with Crippen LogP contribution >= 0.6 is 12.4 Å². The van der Waals surface area contributed by atoms with Gasteiger partial charge in [0.15, 0.2) is 5.82 Å². The summed E-state index contributed by atoms with van der Waals surface area (Å²) < 4.78 is 5.26. The van der Waals surface area contributed by atoms with Crippen LogP contribution in [0, 0.1) is 0 Å². The molecular formula is C13H22ClN3O. The molecule has 102 valence electrons. The van der Waals surface area contributed by atoms with Crippen LogP contribution in [0.1, 0.15) is 64.1 Å². The Bertz CT molecular complexity index is 402. The van der Waals surface area contributed by atoms with Crippen molar-refractivity contribution in [1.29, 1.82) is 0 Å². The average Bonchev–Trinajstić information content (AvgIpc) is 2.95. The van der Waals surface area contributed by atoms with Crippen molar-refractivity contribution >= 4 is 18.5 Å². The highest BCUT2D eigenvalue weighted by atomic mass is 35.5. The molecule has 0 unspecified atom stereocenters. The van der Waals surface area contributed by atoms with Crippen molar-refractivity contribution in [2.45, 2.75) is 57.9 Å². The molecule has 5 heteroatoms. The fourth-order valence-electron chi connectivity index (χ4n) is 2.35. The van der Waals surface area contributed by atoms with Crippen molar-refractivity contribution in [1.82, 2.24) is 10.1 Å². The van der Waals surface area contributed by atoms with E-state index in [0.717, 1.165) is 38.5 Å². The summed E-state index contributed by atoms with van der Waals surface area (Å²) in [5.41, 5.74) is 7.25. The van der Waals surface area contributed by atoms with Crippen molar-refractivity contribution in [2.75, 3.05) is 0 Å². The fourth-order valence-corrected chi connectivity index (χ4v) is 2.35. The van der Waals surface area contributed by atoms with Gasteiger partial charge in [-0.3, -0.25) is 0 Å². The van der Waals surface area contributed by atoms with Gasteiger partial charge in [0.2, 0.25) is 0 Å². The number of halogens is 1. The molecule has 1 heterocycles. The Kier molecular flexibility index (Phi) is 5.35. The van der Waals surface area contributed by atoms with Gasteiger partial charge in [-0.15, -0.1) is 12.4 Å². The van der Waals surface area contributed by atoms with E-state index in [4.69, 9.17) is 10.3 Å². The number of aromatic nitrogens is 2. The van der Waals surface area contributed by atoms with Gasteiger partial charge in [-0.05, 0) is 25.7 Å². The maximum absolute atomic E-state index is 6.28. The first-order valence-corrected chi connectivity index (χ1v) is 6.50. The number of nitrogens with zero attached hydrogens (tertiary/aromatic N) is 2. The van der Waals surface area contributed by atoms with Crippen LogP contribution in [0.25, 0.3) is 6.08 Å². The number of allylic oxidation sites excluding steroid dienone is 1. The van der Waals surface area contributed by atoms with E-state index in [-0.39, 0.29) is 17.9 Å². The number of nitrogens with two attached hydrogens (primary N) is 1. The molecule has 0 spiro atoms. The number of hydrogen-bond donors (Lipinski definition) is 1. The molecule has 0 bridgehead atoms. The largest absolute Gasteiger partial charge is 0.335 e. The van der Waals surface area contributed by atoms with Gasteiger partial charge >= 0.3 is 0 Å². The molecule has 1 fully saturated rings. The first kappa shape index (κ1) is 15.2. The van der Waals surface area contributed by atoms with Crippen molar-refractivity contribution in [2.24, 2.45) is 5.73 Å². The second-order valence-corrected chi connectivity index (χ2v) is 4.83. The SMILES string of the molecule is CCC(=Cc1nc(C2(N)CCCC2)no1)CC.Cl. The van der Waals surface area contributed by atoms with E-state index >= 15 is 0 Å². The topological polar surface area (TPSA) is 64.9 Å². The van der Waals surface area contributed by atoms with Gasteiger partial charge in [0.05, 0.1) is 5.54 Å². The van der Waals surface area contributed by atoms with E-state index in [0.29, 0.717) is 11.7 Å². The van der Waals surface area contributed by atoms with Crippen LogP contribution in [0.4, 0.5) is 0 Å². The molecule has 1 aromatic rings. The lowest BCUT2D eigenvalue weighted by Crippen LogP contribution is -2.34. The van der Waals surface area contributed by atoms with Gasteiger partial charge in [0.25, 0.3) is 5.89 Å². The van der Waals surface area contributed by atoms with Gasteiger partial charge in [-0.25, -0.2) is 0 Å². The summed E-state index contributed by atoms with van der Waals surface area (Å²) in [4.78, 5) is 4.42. The van der Waals surface area contributed by atoms with E-state index in [9.17, 15) is 0 Å². The second-order valence-electron chi connectivity index (χ2n) is 4.83. The fraction of sp³-hybridized carbons (Fsp3) is 0.692. The van der Waals surface area contributed by atoms with Crippen LogP contribution < -0.4 is 5.73 Å². The Morgan fingerprint density at radius 2 is 1.94 bits per heavy atom. The quantitative estimate of drug-likeness (QED) is 0.911. The molecule has 1 aliphatic carbocycles. The molecular weight excluding hydrogens is 250 g/mol. The summed E-state index contributed by atoms with van der Waals surface area (Å²) in [5, 5.41) is 4.04. The zero-order valence-electron chi connectivity index (χ0n) is 11.1. The summed E-state index contributed by atoms with van der Waals surface area (Å²) in [6, 6.07) is 0. The van der Waals surface area contributed by atoms with Crippen LogP contribution in [0.5, 0.6) is 0 Å². The van der Waals surface area contributed by atoms with E-state index < -0.39 is 0 Å². The molecule has 0 saturated heterocycles. The van der Waals surface area contributed by atoms with Gasteiger partial charge < -0.3 is 10.3 Å². The monoisotopic (exact) mass is 271 g/mol. The molecule has 0 amide bonds. The average molecular weight is 272 g/mol. The minimum absolute atomic E-state index is 0. The molecule has 1 aliphatic rings. The number of rotatable bonds is 4. The molecule has 0 aromatic carbocycles. The Hall–Kier alpha value is -0.870. The molecule has 1 saturated carbocycles. The molecule has 18 heavy (non-hydrogen) atoms. The first-order valence-electron chi connectivity index (χ1n) is 6.50.